The zero-order chi connectivity index (χ0) is 26.6. The van der Waals surface area contributed by atoms with E-state index < -0.39 is 12.1 Å². The van der Waals surface area contributed by atoms with Crippen molar-refractivity contribution in [2.24, 2.45) is 0 Å². The van der Waals surface area contributed by atoms with Gasteiger partial charge in [0.05, 0.1) is 21.0 Å². The Hall–Kier alpha value is -2.12. The molecular weight excluding hydrogens is 600 g/mol. The van der Waals surface area contributed by atoms with Crippen LogP contribution in [0, 0.1) is 6.92 Å². The first-order valence-corrected chi connectivity index (χ1v) is 12.6. The summed E-state index contributed by atoms with van der Waals surface area (Å²) in [7, 11) is 0. The molecule has 1 atom stereocenters. The van der Waals surface area contributed by atoms with E-state index in [4.69, 9.17) is 34.8 Å². The summed E-state index contributed by atoms with van der Waals surface area (Å²) in [6.07, 6.45) is -2.26. The first-order valence-electron chi connectivity index (χ1n) is 10.7. The maximum Gasteiger partial charge on any atom is 0.399 e. The number of hydrogen-bond donors (Lipinski definition) is 0. The molecule has 0 aromatic heterocycles. The van der Waals surface area contributed by atoms with Crippen molar-refractivity contribution in [2.45, 2.75) is 31.9 Å². The highest BCUT2D eigenvalue weighted by atomic mass is 79.9. The lowest BCUT2D eigenvalue weighted by atomic mass is 9.96. The molecule has 188 valence electrons. The fourth-order valence-electron chi connectivity index (χ4n) is 3.56. The first kappa shape index (κ1) is 28.5. The number of carbonyl (C=O) groups excluding carboxylic acids is 2. The highest BCUT2D eigenvalue weighted by Crippen LogP contribution is 2.41. The Kier molecular flexibility index (Phi) is 9.44. The SMILES string of the molecule is Cc1cccc(C(=O)CCC(=O)c2ccc(/C=C/C(c3cc(Cl)c(Cl)c(Cl)c3)C(F)(F)F)cc2Br)c1. The summed E-state index contributed by atoms with van der Waals surface area (Å²) in [6, 6.07) is 14.0. The van der Waals surface area contributed by atoms with Crippen molar-refractivity contribution in [1.82, 2.24) is 0 Å². The Morgan fingerprint density at radius 2 is 1.58 bits per heavy atom. The molecule has 0 amide bonds. The predicted molar refractivity (Wildman–Crippen MR) is 143 cm³/mol. The van der Waals surface area contributed by atoms with Crippen molar-refractivity contribution in [3.63, 3.8) is 0 Å². The van der Waals surface area contributed by atoms with Crippen molar-refractivity contribution in [3.8, 4) is 0 Å². The summed E-state index contributed by atoms with van der Waals surface area (Å²) < 4.78 is 41.7. The predicted octanol–water partition coefficient (Wildman–Crippen LogP) is 9.92. The van der Waals surface area contributed by atoms with Crippen LogP contribution in [0.2, 0.25) is 15.1 Å². The number of carbonyl (C=O) groups is 2. The molecule has 0 bridgehead atoms. The number of rotatable bonds is 8. The van der Waals surface area contributed by atoms with Crippen LogP contribution in [-0.2, 0) is 0 Å². The fourth-order valence-corrected chi connectivity index (χ4v) is 4.79. The molecule has 3 aromatic carbocycles. The molecule has 0 aliphatic rings. The van der Waals surface area contributed by atoms with Crippen molar-refractivity contribution in [1.29, 1.82) is 0 Å². The van der Waals surface area contributed by atoms with Gasteiger partial charge in [0.1, 0.15) is 0 Å². The normalized spacial score (nSPS) is 12.7. The molecule has 36 heavy (non-hydrogen) atoms. The van der Waals surface area contributed by atoms with Crippen molar-refractivity contribution < 1.29 is 22.8 Å². The molecule has 0 aliphatic carbocycles. The van der Waals surface area contributed by atoms with E-state index in [1.165, 1.54) is 18.2 Å². The summed E-state index contributed by atoms with van der Waals surface area (Å²) in [6.45, 7) is 1.88. The Morgan fingerprint density at radius 1 is 0.944 bits per heavy atom. The van der Waals surface area contributed by atoms with Crippen LogP contribution in [0.1, 0.15) is 56.2 Å². The number of aryl methyl sites for hydroxylation is 1. The molecule has 0 heterocycles. The van der Waals surface area contributed by atoms with E-state index in [2.05, 4.69) is 15.9 Å². The first-order chi connectivity index (χ1) is 16.9. The van der Waals surface area contributed by atoms with Gasteiger partial charge in [-0.2, -0.15) is 13.2 Å². The van der Waals surface area contributed by atoms with Crippen molar-refractivity contribution in [2.75, 3.05) is 0 Å². The number of benzene rings is 3. The lowest BCUT2D eigenvalue weighted by molar-refractivity contribution is -0.139. The second-order valence-corrected chi connectivity index (χ2v) is 10.2. The minimum Gasteiger partial charge on any atom is -0.294 e. The lowest BCUT2D eigenvalue weighted by Gasteiger charge is -2.18. The van der Waals surface area contributed by atoms with Crippen LogP contribution >= 0.6 is 50.7 Å². The molecule has 0 aliphatic heterocycles. The topological polar surface area (TPSA) is 34.1 Å². The van der Waals surface area contributed by atoms with E-state index in [-0.39, 0.29) is 45.0 Å². The van der Waals surface area contributed by atoms with E-state index in [1.807, 2.05) is 13.0 Å². The third kappa shape index (κ3) is 7.22. The lowest BCUT2D eigenvalue weighted by Crippen LogP contribution is -2.19. The highest BCUT2D eigenvalue weighted by molar-refractivity contribution is 9.10. The third-order valence-corrected chi connectivity index (χ3v) is 7.26. The minimum absolute atomic E-state index is 0.00872. The van der Waals surface area contributed by atoms with E-state index in [0.29, 0.717) is 21.2 Å². The van der Waals surface area contributed by atoms with Gasteiger partial charge in [-0.3, -0.25) is 9.59 Å². The summed E-state index contributed by atoms with van der Waals surface area (Å²) in [4.78, 5) is 25.1. The molecule has 0 radical (unpaired) electrons. The number of alkyl halides is 3. The number of halogens is 7. The van der Waals surface area contributed by atoms with Crippen LogP contribution in [0.3, 0.4) is 0 Å². The molecule has 1 unspecified atom stereocenters. The Morgan fingerprint density at radius 3 is 2.17 bits per heavy atom. The summed E-state index contributed by atoms with van der Waals surface area (Å²) in [5.41, 5.74) is 2.13. The van der Waals surface area contributed by atoms with E-state index in [0.717, 1.165) is 23.8 Å². The molecular formula is C27H19BrCl3F3O2. The van der Waals surface area contributed by atoms with E-state index in [9.17, 15) is 22.8 Å². The quantitative estimate of drug-likeness (QED) is 0.186. The van der Waals surface area contributed by atoms with E-state index >= 15 is 0 Å². The van der Waals surface area contributed by atoms with Crippen LogP contribution in [0.5, 0.6) is 0 Å². The van der Waals surface area contributed by atoms with Gasteiger partial charge in [-0.1, -0.05) is 92.7 Å². The molecule has 0 saturated heterocycles. The zero-order valence-corrected chi connectivity index (χ0v) is 22.7. The average molecular weight is 619 g/mol. The van der Waals surface area contributed by atoms with Gasteiger partial charge >= 0.3 is 6.18 Å². The number of ketones is 2. The molecule has 2 nitrogen and oxygen atoms in total. The third-order valence-electron chi connectivity index (χ3n) is 5.41. The van der Waals surface area contributed by atoms with Gasteiger partial charge in [-0.25, -0.2) is 0 Å². The maximum atomic E-state index is 13.8. The Labute approximate surface area is 230 Å². The van der Waals surface area contributed by atoms with Gasteiger partial charge in [-0.15, -0.1) is 0 Å². The standard InChI is InChI=1S/C27H19BrCl3F3O2/c1-15-3-2-4-17(11-15)24(35)9-10-25(36)19-7-5-16(12-21(19)28)6-8-20(27(32,33)34)18-13-22(29)26(31)23(30)14-18/h2-8,11-14,20H,9-10H2,1H3/b8-6+. The van der Waals surface area contributed by atoms with Gasteiger partial charge in [0.15, 0.2) is 11.6 Å². The number of Topliss-reactive ketones (excluding diaryl/α,β-unsaturated/α-hetero) is 2. The van der Waals surface area contributed by atoms with Crippen molar-refractivity contribution >= 4 is 68.4 Å². The summed E-state index contributed by atoms with van der Waals surface area (Å²) in [5.74, 6) is -2.36. The van der Waals surface area contributed by atoms with Crippen molar-refractivity contribution in [3.05, 3.63) is 108 Å². The van der Waals surface area contributed by atoms with Gasteiger partial charge in [-0.05, 0) is 48.4 Å². The van der Waals surface area contributed by atoms with E-state index in [1.54, 1.807) is 24.3 Å². The monoisotopic (exact) mass is 616 g/mol. The second kappa shape index (κ2) is 12.0. The van der Waals surface area contributed by atoms with Gasteiger partial charge < -0.3 is 0 Å². The Balaban J connectivity index is 1.75. The summed E-state index contributed by atoms with van der Waals surface area (Å²) in [5, 5.41) is -0.168. The molecule has 0 spiro atoms. The molecule has 0 fully saturated rings. The largest absolute Gasteiger partial charge is 0.399 e. The molecule has 9 heteroatoms. The molecule has 3 rings (SSSR count). The molecule has 0 N–H and O–H groups in total. The minimum atomic E-state index is -4.60. The van der Waals surface area contributed by atoms with Crippen LogP contribution in [-0.4, -0.2) is 17.7 Å². The van der Waals surface area contributed by atoms with Crippen LogP contribution in [0.15, 0.2) is 65.1 Å². The smallest absolute Gasteiger partial charge is 0.294 e. The van der Waals surface area contributed by atoms with Gasteiger partial charge in [0.2, 0.25) is 0 Å². The van der Waals surface area contributed by atoms with Crippen LogP contribution in [0.4, 0.5) is 13.2 Å². The van der Waals surface area contributed by atoms with Crippen LogP contribution in [0.25, 0.3) is 6.08 Å². The summed E-state index contributed by atoms with van der Waals surface area (Å²) >= 11 is 21.0. The number of hydrogen-bond acceptors (Lipinski definition) is 2. The molecule has 3 aromatic rings. The second-order valence-electron chi connectivity index (χ2n) is 8.13. The van der Waals surface area contributed by atoms with Gasteiger partial charge in [0.25, 0.3) is 0 Å². The Bertz CT molecular complexity index is 1310. The highest BCUT2D eigenvalue weighted by Gasteiger charge is 2.39. The van der Waals surface area contributed by atoms with Crippen LogP contribution < -0.4 is 0 Å². The zero-order valence-electron chi connectivity index (χ0n) is 18.8. The molecule has 0 saturated carbocycles. The van der Waals surface area contributed by atoms with Gasteiger partial charge in [0, 0.05) is 28.4 Å². The average Bonchev–Trinajstić information content (AvgIpc) is 2.80. The maximum absolute atomic E-state index is 13.8. The number of allylic oxidation sites excluding steroid dienone is 1. The fraction of sp³-hybridized carbons (Fsp3) is 0.185.